The molecule has 1 unspecified atom stereocenters. The Kier molecular flexibility index (Phi) is 5.68. The van der Waals surface area contributed by atoms with E-state index in [9.17, 15) is 9.59 Å². The number of nitrogens with zero attached hydrogens (tertiary/aromatic N) is 2. The van der Waals surface area contributed by atoms with Gasteiger partial charge in [0.2, 0.25) is 11.8 Å². The molecule has 2 amide bonds. The van der Waals surface area contributed by atoms with Crippen molar-refractivity contribution in [3.63, 3.8) is 0 Å². The smallest absolute Gasteiger partial charge is 0.248 e. The Hall–Kier alpha value is -3.38. The van der Waals surface area contributed by atoms with Crippen molar-refractivity contribution in [1.82, 2.24) is 4.90 Å². The van der Waals surface area contributed by atoms with E-state index in [4.69, 9.17) is 5.73 Å². The molecule has 3 N–H and O–H groups in total. The van der Waals surface area contributed by atoms with Crippen LogP contribution in [-0.2, 0) is 4.79 Å². The van der Waals surface area contributed by atoms with Gasteiger partial charge in [0.05, 0.1) is 6.04 Å². The van der Waals surface area contributed by atoms with Crippen molar-refractivity contribution in [2.75, 3.05) is 36.4 Å². The van der Waals surface area contributed by atoms with E-state index in [1.54, 1.807) is 12.1 Å². The molecule has 0 aromatic heterocycles. The van der Waals surface area contributed by atoms with Gasteiger partial charge in [0.25, 0.3) is 0 Å². The van der Waals surface area contributed by atoms with Crippen LogP contribution in [0.1, 0.15) is 17.3 Å². The molecule has 4 rings (SSSR count). The molecule has 0 bridgehead atoms. The number of carbonyl (C=O) groups excluding carboxylic acids is 2. The Labute approximate surface area is 176 Å². The number of amides is 2. The number of benzene rings is 3. The average molecular weight is 402 g/mol. The molecule has 1 saturated heterocycles. The number of piperazine rings is 1. The van der Waals surface area contributed by atoms with Crippen molar-refractivity contribution in [3.05, 3.63) is 72.3 Å². The predicted octanol–water partition coefficient (Wildman–Crippen LogP) is 3.09. The Morgan fingerprint density at radius 2 is 1.57 bits per heavy atom. The van der Waals surface area contributed by atoms with Crippen molar-refractivity contribution in [3.8, 4) is 0 Å². The third kappa shape index (κ3) is 4.14. The summed E-state index contributed by atoms with van der Waals surface area (Å²) < 4.78 is 0. The molecule has 0 spiro atoms. The molecule has 1 atom stereocenters. The molecule has 0 radical (unpaired) electrons. The first-order valence-electron chi connectivity index (χ1n) is 10.2. The summed E-state index contributed by atoms with van der Waals surface area (Å²) in [6.45, 7) is 5.19. The normalized spacial score (nSPS) is 15.7. The first-order chi connectivity index (χ1) is 14.5. The first-order valence-corrected chi connectivity index (χ1v) is 10.2. The zero-order chi connectivity index (χ0) is 21.1. The quantitative estimate of drug-likeness (QED) is 0.687. The van der Waals surface area contributed by atoms with Crippen molar-refractivity contribution in [1.29, 1.82) is 0 Å². The molecule has 154 valence electrons. The van der Waals surface area contributed by atoms with Crippen molar-refractivity contribution in [2.45, 2.75) is 13.0 Å². The maximum atomic E-state index is 12.9. The Balaban J connectivity index is 1.37. The lowest BCUT2D eigenvalue weighted by molar-refractivity contribution is -0.120. The Morgan fingerprint density at radius 3 is 2.27 bits per heavy atom. The van der Waals surface area contributed by atoms with Gasteiger partial charge < -0.3 is 16.0 Å². The number of nitrogens with two attached hydrogens (primary N) is 1. The molecule has 3 aromatic rings. The molecule has 30 heavy (non-hydrogen) atoms. The van der Waals surface area contributed by atoms with Crippen LogP contribution in [0.3, 0.4) is 0 Å². The van der Waals surface area contributed by atoms with Crippen LogP contribution in [-0.4, -0.2) is 48.9 Å². The van der Waals surface area contributed by atoms with Crippen LogP contribution in [0.15, 0.2) is 66.7 Å². The summed E-state index contributed by atoms with van der Waals surface area (Å²) in [7, 11) is 0. The van der Waals surface area contributed by atoms with E-state index in [0.29, 0.717) is 5.56 Å². The lowest BCUT2D eigenvalue weighted by Crippen LogP contribution is -2.52. The second-order valence-electron chi connectivity index (χ2n) is 7.63. The van der Waals surface area contributed by atoms with Gasteiger partial charge in [-0.1, -0.05) is 36.4 Å². The Bertz CT molecular complexity index is 1050. The highest BCUT2D eigenvalue weighted by molar-refractivity contribution is 6.03. The molecule has 1 aliphatic rings. The maximum absolute atomic E-state index is 12.9. The molecule has 1 fully saturated rings. The van der Waals surface area contributed by atoms with Crippen molar-refractivity contribution < 1.29 is 9.59 Å². The number of carbonyl (C=O) groups is 2. The fourth-order valence-electron chi connectivity index (χ4n) is 3.94. The Morgan fingerprint density at radius 1 is 0.900 bits per heavy atom. The van der Waals surface area contributed by atoms with Gasteiger partial charge in [0, 0.05) is 48.5 Å². The van der Waals surface area contributed by atoms with Gasteiger partial charge in [-0.2, -0.15) is 0 Å². The van der Waals surface area contributed by atoms with Gasteiger partial charge in [-0.3, -0.25) is 14.5 Å². The van der Waals surface area contributed by atoms with Gasteiger partial charge in [-0.25, -0.2) is 0 Å². The summed E-state index contributed by atoms with van der Waals surface area (Å²) in [4.78, 5) is 28.6. The highest BCUT2D eigenvalue weighted by Gasteiger charge is 2.26. The molecule has 1 aliphatic heterocycles. The van der Waals surface area contributed by atoms with E-state index >= 15 is 0 Å². The first kappa shape index (κ1) is 19.9. The van der Waals surface area contributed by atoms with Crippen LogP contribution in [0.4, 0.5) is 11.4 Å². The molecule has 6 heteroatoms. The number of fused-ring (bicyclic) bond motifs is 1. The fourth-order valence-corrected chi connectivity index (χ4v) is 3.94. The van der Waals surface area contributed by atoms with Gasteiger partial charge in [-0.15, -0.1) is 0 Å². The molecule has 6 nitrogen and oxygen atoms in total. The highest BCUT2D eigenvalue weighted by atomic mass is 16.2. The van der Waals surface area contributed by atoms with Crippen LogP contribution < -0.4 is 16.0 Å². The monoisotopic (exact) mass is 402 g/mol. The number of primary amides is 1. The minimum absolute atomic E-state index is 0.00520. The van der Waals surface area contributed by atoms with Crippen LogP contribution >= 0.6 is 0 Å². The highest BCUT2D eigenvalue weighted by Crippen LogP contribution is 2.24. The topological polar surface area (TPSA) is 78.7 Å². The molecule has 0 saturated carbocycles. The van der Waals surface area contributed by atoms with Crippen LogP contribution in [0, 0.1) is 0 Å². The summed E-state index contributed by atoms with van der Waals surface area (Å²) in [5.41, 5.74) is 7.73. The summed E-state index contributed by atoms with van der Waals surface area (Å²) in [6.07, 6.45) is 0. The third-order valence-electron chi connectivity index (χ3n) is 5.81. The largest absolute Gasteiger partial charge is 0.369 e. The number of rotatable bonds is 5. The lowest BCUT2D eigenvalue weighted by Gasteiger charge is -2.38. The maximum Gasteiger partial charge on any atom is 0.248 e. The standard InChI is InChI=1S/C24H26N4O2/c1-17(24(30)26-22-8-4-6-18-5-2-3-7-21(18)22)27-13-15-28(16-14-27)20-11-9-19(10-12-20)23(25)29/h2-12,17H,13-16H2,1H3,(H2,25,29)(H,26,30). The molecule has 0 aliphatic carbocycles. The molecular formula is C24H26N4O2. The number of hydrogen-bond donors (Lipinski definition) is 2. The van der Waals surface area contributed by atoms with E-state index in [2.05, 4.69) is 15.1 Å². The van der Waals surface area contributed by atoms with E-state index < -0.39 is 5.91 Å². The summed E-state index contributed by atoms with van der Waals surface area (Å²) >= 11 is 0. The summed E-state index contributed by atoms with van der Waals surface area (Å²) in [5.74, 6) is -0.414. The molecule has 3 aromatic carbocycles. The minimum Gasteiger partial charge on any atom is -0.369 e. The van der Waals surface area contributed by atoms with E-state index in [1.807, 2.05) is 61.5 Å². The van der Waals surface area contributed by atoms with Crippen LogP contribution in [0.2, 0.25) is 0 Å². The van der Waals surface area contributed by atoms with E-state index in [1.165, 1.54) is 0 Å². The van der Waals surface area contributed by atoms with Crippen molar-refractivity contribution in [2.24, 2.45) is 5.73 Å². The zero-order valence-electron chi connectivity index (χ0n) is 17.0. The van der Waals surface area contributed by atoms with Crippen LogP contribution in [0.5, 0.6) is 0 Å². The minimum atomic E-state index is -0.419. The van der Waals surface area contributed by atoms with Gasteiger partial charge in [0.1, 0.15) is 0 Å². The second kappa shape index (κ2) is 8.55. The van der Waals surface area contributed by atoms with Crippen molar-refractivity contribution >= 4 is 34.0 Å². The molecular weight excluding hydrogens is 376 g/mol. The zero-order valence-corrected chi connectivity index (χ0v) is 17.0. The third-order valence-corrected chi connectivity index (χ3v) is 5.81. The fraction of sp³-hybridized carbons (Fsp3) is 0.250. The summed E-state index contributed by atoms with van der Waals surface area (Å²) in [6, 6.07) is 21.1. The van der Waals surface area contributed by atoms with Gasteiger partial charge >= 0.3 is 0 Å². The number of hydrogen-bond acceptors (Lipinski definition) is 4. The van der Waals surface area contributed by atoms with E-state index in [0.717, 1.165) is 48.3 Å². The second-order valence-corrected chi connectivity index (χ2v) is 7.63. The van der Waals surface area contributed by atoms with Gasteiger partial charge in [0.15, 0.2) is 0 Å². The number of nitrogens with one attached hydrogen (secondary N) is 1. The predicted molar refractivity (Wildman–Crippen MR) is 121 cm³/mol. The average Bonchev–Trinajstić information content (AvgIpc) is 2.79. The van der Waals surface area contributed by atoms with E-state index in [-0.39, 0.29) is 11.9 Å². The molecule has 1 heterocycles. The van der Waals surface area contributed by atoms with Gasteiger partial charge in [-0.05, 0) is 42.6 Å². The lowest BCUT2D eigenvalue weighted by atomic mass is 10.1. The number of anilines is 2. The SMILES string of the molecule is CC(C(=O)Nc1cccc2ccccc12)N1CCN(c2ccc(C(N)=O)cc2)CC1. The van der Waals surface area contributed by atoms with Crippen LogP contribution in [0.25, 0.3) is 10.8 Å². The summed E-state index contributed by atoms with van der Waals surface area (Å²) in [5, 5.41) is 5.26.